The molecule has 8 nitrogen and oxygen atoms in total. The number of amides is 2. The van der Waals surface area contributed by atoms with Crippen LogP contribution in [0.15, 0.2) is 36.4 Å². The summed E-state index contributed by atoms with van der Waals surface area (Å²) in [7, 11) is 0. The summed E-state index contributed by atoms with van der Waals surface area (Å²) in [6.45, 7) is 23.9. The summed E-state index contributed by atoms with van der Waals surface area (Å²) in [5, 5.41) is 0. The first kappa shape index (κ1) is 33.0. The Hall–Kier alpha value is -3.94. The Morgan fingerprint density at radius 2 is 0.830 bits per heavy atom. The van der Waals surface area contributed by atoms with E-state index in [9.17, 15) is 9.59 Å². The van der Waals surface area contributed by atoms with Crippen molar-refractivity contribution in [3.05, 3.63) is 70.3 Å². The molecule has 4 heterocycles. The normalized spacial score (nSPS) is 21.6. The molecule has 0 N–H and O–H groups in total. The fourth-order valence-electron chi connectivity index (χ4n) is 8.09. The second kappa shape index (κ2) is 11.9. The maximum Gasteiger partial charge on any atom is 0.253 e. The Kier molecular flexibility index (Phi) is 8.38. The van der Waals surface area contributed by atoms with Gasteiger partial charge in [0.05, 0.1) is 44.8 Å². The van der Waals surface area contributed by atoms with E-state index in [-0.39, 0.29) is 46.3 Å². The fourth-order valence-corrected chi connectivity index (χ4v) is 8.09. The number of aromatic nitrogens is 4. The first-order valence-corrected chi connectivity index (χ1v) is 17.3. The summed E-state index contributed by atoms with van der Waals surface area (Å²) in [6.07, 6.45) is 0.964. The van der Waals surface area contributed by atoms with Gasteiger partial charge in [0.15, 0.2) is 0 Å². The van der Waals surface area contributed by atoms with Crippen LogP contribution in [0.25, 0.3) is 22.1 Å². The minimum absolute atomic E-state index is 0.0134. The van der Waals surface area contributed by atoms with Gasteiger partial charge in [0.2, 0.25) is 0 Å². The summed E-state index contributed by atoms with van der Waals surface area (Å²) >= 11 is 0. The zero-order valence-electron chi connectivity index (χ0n) is 29.8. The van der Waals surface area contributed by atoms with Gasteiger partial charge in [-0.2, -0.15) is 0 Å². The van der Waals surface area contributed by atoms with E-state index >= 15 is 0 Å². The second-order valence-electron chi connectivity index (χ2n) is 16.1. The molecule has 2 saturated heterocycles. The van der Waals surface area contributed by atoms with Crippen molar-refractivity contribution in [2.45, 2.75) is 99.3 Å². The molecule has 8 heteroatoms. The third-order valence-electron chi connectivity index (χ3n) is 9.84. The molecular weight excluding hydrogens is 584 g/mol. The van der Waals surface area contributed by atoms with Gasteiger partial charge in [-0.1, -0.05) is 69.2 Å². The van der Waals surface area contributed by atoms with Gasteiger partial charge in [-0.25, -0.2) is 19.9 Å². The second-order valence-corrected chi connectivity index (χ2v) is 16.1. The van der Waals surface area contributed by atoms with Crippen LogP contribution in [0.5, 0.6) is 0 Å². The molecule has 0 unspecified atom stereocenters. The van der Waals surface area contributed by atoms with Crippen LogP contribution in [-0.2, 0) is 0 Å². The smallest absolute Gasteiger partial charge is 0.253 e. The van der Waals surface area contributed by atoms with Gasteiger partial charge >= 0.3 is 0 Å². The lowest BCUT2D eigenvalue weighted by Crippen LogP contribution is -2.64. The first-order chi connectivity index (χ1) is 22.1. The molecule has 4 aromatic rings. The summed E-state index contributed by atoms with van der Waals surface area (Å²) in [4.78, 5) is 51.9. The van der Waals surface area contributed by atoms with E-state index in [0.717, 1.165) is 51.3 Å². The molecule has 2 aliphatic rings. The summed E-state index contributed by atoms with van der Waals surface area (Å²) in [6, 6.07) is 11.5. The molecule has 2 aromatic carbocycles. The van der Waals surface area contributed by atoms with Crippen molar-refractivity contribution in [3.8, 4) is 0 Å². The van der Waals surface area contributed by atoms with Crippen LogP contribution in [0.4, 0.5) is 0 Å². The van der Waals surface area contributed by atoms with Gasteiger partial charge in [-0.3, -0.25) is 9.59 Å². The average Bonchev–Trinajstić information content (AvgIpc) is 3.00. The number of benzene rings is 2. The van der Waals surface area contributed by atoms with Crippen molar-refractivity contribution in [2.24, 2.45) is 10.8 Å². The molecule has 2 aromatic heterocycles. The van der Waals surface area contributed by atoms with Gasteiger partial charge in [0, 0.05) is 48.1 Å². The van der Waals surface area contributed by atoms with Crippen molar-refractivity contribution >= 4 is 33.9 Å². The van der Waals surface area contributed by atoms with E-state index in [1.807, 2.05) is 46.2 Å². The minimum Gasteiger partial charge on any atom is -0.337 e. The highest BCUT2D eigenvalue weighted by atomic mass is 16.2. The van der Waals surface area contributed by atoms with Gasteiger partial charge < -0.3 is 9.80 Å². The number of hydrogen-bond acceptors (Lipinski definition) is 6. The predicted octanol–water partition coefficient (Wildman–Crippen LogP) is 8.08. The average molecular weight is 635 g/mol. The number of carbonyl (C=O) groups excluding carboxylic acids is 2. The number of hydrogen-bond donors (Lipinski definition) is 0. The van der Waals surface area contributed by atoms with Crippen molar-refractivity contribution in [2.75, 3.05) is 26.2 Å². The maximum absolute atomic E-state index is 14.0. The van der Waals surface area contributed by atoms with E-state index < -0.39 is 0 Å². The zero-order chi connectivity index (χ0) is 34.0. The molecule has 248 valence electrons. The monoisotopic (exact) mass is 634 g/mol. The molecule has 0 radical (unpaired) electrons. The van der Waals surface area contributed by atoms with Gasteiger partial charge in [0.25, 0.3) is 11.8 Å². The van der Waals surface area contributed by atoms with E-state index in [1.165, 1.54) is 0 Å². The lowest BCUT2D eigenvalue weighted by Gasteiger charge is -2.56. The highest BCUT2D eigenvalue weighted by Crippen LogP contribution is 2.46. The Balaban J connectivity index is 1.24. The molecule has 2 aliphatic heterocycles. The van der Waals surface area contributed by atoms with Gasteiger partial charge in [-0.15, -0.1) is 0 Å². The molecule has 0 aliphatic carbocycles. The van der Waals surface area contributed by atoms with E-state index in [0.29, 0.717) is 37.3 Å². The number of likely N-dealkylation sites (tertiary alicyclic amines) is 2. The van der Waals surface area contributed by atoms with Crippen molar-refractivity contribution in [1.29, 1.82) is 0 Å². The highest BCUT2D eigenvalue weighted by molar-refractivity contribution is 5.98. The lowest BCUT2D eigenvalue weighted by atomic mass is 9.65. The molecule has 47 heavy (non-hydrogen) atoms. The summed E-state index contributed by atoms with van der Waals surface area (Å²) in [5.41, 5.74) is 8.01. The fraction of sp³-hybridized carbons (Fsp3) is 0.538. The molecule has 6 rings (SSSR count). The Morgan fingerprint density at radius 1 is 0.532 bits per heavy atom. The molecule has 2 fully saturated rings. The van der Waals surface area contributed by atoms with E-state index in [1.54, 1.807) is 0 Å². The van der Waals surface area contributed by atoms with E-state index in [2.05, 4.69) is 69.2 Å². The number of piperidine rings is 2. The number of rotatable bonds is 6. The molecule has 2 bridgehead atoms. The van der Waals surface area contributed by atoms with Crippen LogP contribution in [0.1, 0.15) is 143 Å². The van der Waals surface area contributed by atoms with E-state index in [4.69, 9.17) is 19.9 Å². The zero-order valence-corrected chi connectivity index (χ0v) is 29.8. The van der Waals surface area contributed by atoms with Crippen molar-refractivity contribution in [1.82, 2.24) is 29.7 Å². The third kappa shape index (κ3) is 6.23. The van der Waals surface area contributed by atoms with Crippen LogP contribution >= 0.6 is 0 Å². The largest absolute Gasteiger partial charge is 0.337 e. The standard InChI is InChI=1S/C39H50N6O2/c1-22(2)32-34(24(5)6)42-30-15-26(11-13-28(30)40-32)36(46)44-18-38(9)17-39(10,19-44)21-45(20-38)37(47)27-12-14-29-31(16-27)43-35(25(7)8)33(41-29)23(3)4/h11-16,22-25H,17-21H2,1-10H3. The van der Waals surface area contributed by atoms with Gasteiger partial charge in [0.1, 0.15) is 0 Å². The van der Waals surface area contributed by atoms with Crippen LogP contribution < -0.4 is 0 Å². The molecule has 0 atom stereocenters. The Morgan fingerprint density at radius 3 is 1.13 bits per heavy atom. The summed E-state index contributed by atoms with van der Waals surface area (Å²) in [5.74, 6) is 1.06. The Labute approximate surface area is 279 Å². The maximum atomic E-state index is 14.0. The number of carbonyl (C=O) groups is 2. The predicted molar refractivity (Wildman–Crippen MR) is 188 cm³/mol. The quantitative estimate of drug-likeness (QED) is 0.213. The Bertz CT molecular complexity index is 1730. The van der Waals surface area contributed by atoms with Crippen molar-refractivity contribution in [3.63, 3.8) is 0 Å². The topological polar surface area (TPSA) is 92.2 Å². The SMILES string of the molecule is CC(C)c1nc2ccc(C(=O)N3CC4(C)CN(C(=O)c5ccc6nc(C(C)C)c(C(C)C)nc6c5)CC(C)(C3)C4)cc2nc1C(C)C. The lowest BCUT2D eigenvalue weighted by molar-refractivity contribution is -0.0538. The highest BCUT2D eigenvalue weighted by Gasteiger charge is 2.50. The van der Waals surface area contributed by atoms with Crippen molar-refractivity contribution < 1.29 is 9.59 Å². The third-order valence-corrected chi connectivity index (χ3v) is 9.84. The minimum atomic E-state index is -0.224. The molecular formula is C39H50N6O2. The van der Waals surface area contributed by atoms with Crippen LogP contribution in [-0.4, -0.2) is 67.7 Å². The van der Waals surface area contributed by atoms with Crippen LogP contribution in [0.2, 0.25) is 0 Å². The first-order valence-electron chi connectivity index (χ1n) is 17.3. The van der Waals surface area contributed by atoms with Crippen LogP contribution in [0.3, 0.4) is 0 Å². The number of fused-ring (bicyclic) bond motifs is 4. The molecule has 2 amide bonds. The molecule has 0 saturated carbocycles. The summed E-state index contributed by atoms with van der Waals surface area (Å²) < 4.78 is 0. The molecule has 0 spiro atoms. The van der Waals surface area contributed by atoms with Gasteiger partial charge in [-0.05, 0) is 66.5 Å². The van der Waals surface area contributed by atoms with Crippen LogP contribution in [0, 0.1) is 10.8 Å². The number of nitrogens with zero attached hydrogens (tertiary/aromatic N) is 6.